The van der Waals surface area contributed by atoms with Crippen LogP contribution in [0.1, 0.15) is 34.1 Å². The highest BCUT2D eigenvalue weighted by Gasteiger charge is 2.48. The second kappa shape index (κ2) is 7.77. The molecule has 1 aliphatic heterocycles. The molecule has 0 spiro atoms. The Morgan fingerprint density at radius 1 is 1.57 bits per heavy atom. The maximum Gasteiger partial charge on any atom is 0.411 e. The van der Waals surface area contributed by atoms with Gasteiger partial charge in [0.25, 0.3) is 0 Å². The predicted molar refractivity (Wildman–Crippen MR) is 85.3 cm³/mol. The Hall–Kier alpha value is -1.62. The quantitative estimate of drug-likeness (QED) is 0.656. The molecule has 7 heteroatoms. The highest BCUT2D eigenvalue weighted by atomic mass is 16.6. The van der Waals surface area contributed by atoms with Crippen LogP contribution in [0.15, 0.2) is 12.2 Å². The Balaban J connectivity index is 3.18. The van der Waals surface area contributed by atoms with Crippen LogP contribution in [0.5, 0.6) is 0 Å². The molecule has 1 heterocycles. The summed E-state index contributed by atoms with van der Waals surface area (Å²) in [4.78, 5) is 13.8. The SMILES string of the molecule is C/C=C\[C@@H]1C[C@H](C#N)N(C(=O)OC(C)(C)C)[C@H]1[C@@H](N)[C@H](O)CO. The van der Waals surface area contributed by atoms with Crippen molar-refractivity contribution < 1.29 is 19.7 Å². The number of likely N-dealkylation sites (tertiary alicyclic amines) is 1. The smallest absolute Gasteiger partial charge is 0.411 e. The van der Waals surface area contributed by atoms with Crippen LogP contribution in [-0.2, 0) is 4.74 Å². The molecule has 0 bridgehead atoms. The van der Waals surface area contributed by atoms with Crippen LogP contribution in [-0.4, -0.2) is 57.6 Å². The number of aliphatic hydroxyl groups is 2. The highest BCUT2D eigenvalue weighted by molar-refractivity contribution is 5.70. The van der Waals surface area contributed by atoms with Gasteiger partial charge in [0.1, 0.15) is 11.6 Å². The van der Waals surface area contributed by atoms with Crippen LogP contribution in [0, 0.1) is 17.2 Å². The largest absolute Gasteiger partial charge is 0.444 e. The molecule has 23 heavy (non-hydrogen) atoms. The third-order valence-corrected chi connectivity index (χ3v) is 3.81. The number of rotatable bonds is 4. The summed E-state index contributed by atoms with van der Waals surface area (Å²) in [7, 11) is 0. The van der Waals surface area contributed by atoms with Crippen LogP contribution in [0.4, 0.5) is 4.79 Å². The Labute approximate surface area is 137 Å². The predicted octanol–water partition coefficient (Wildman–Crippen LogP) is 0.761. The summed E-state index contributed by atoms with van der Waals surface area (Å²) in [5.74, 6) is -0.187. The Morgan fingerprint density at radius 3 is 2.61 bits per heavy atom. The van der Waals surface area contributed by atoms with Crippen molar-refractivity contribution in [3.05, 3.63) is 12.2 Å². The average molecular weight is 325 g/mol. The molecule has 4 N–H and O–H groups in total. The molecule has 130 valence electrons. The van der Waals surface area contributed by atoms with Gasteiger partial charge in [-0.3, -0.25) is 4.90 Å². The summed E-state index contributed by atoms with van der Waals surface area (Å²) in [6, 6.07) is -0.0847. The normalized spacial score (nSPS) is 27.7. The fourth-order valence-corrected chi connectivity index (χ4v) is 2.86. The van der Waals surface area contributed by atoms with Gasteiger partial charge in [-0.2, -0.15) is 5.26 Å². The third-order valence-electron chi connectivity index (χ3n) is 3.81. The van der Waals surface area contributed by atoms with E-state index in [1.807, 2.05) is 19.1 Å². The lowest BCUT2D eigenvalue weighted by Gasteiger charge is -2.35. The first kappa shape index (κ1) is 19.4. The first-order valence-corrected chi connectivity index (χ1v) is 7.74. The molecular formula is C16H27N3O4. The standard InChI is InChI=1S/C16H27N3O4/c1-5-6-10-7-11(8-17)19(15(22)23-16(2,3)4)14(10)13(18)12(21)9-20/h5-6,10-14,20-21H,7,9,18H2,1-4H3/b6-5-/t10-,11-,12-,13+,14-/m1/s1. The fraction of sp³-hybridized carbons (Fsp3) is 0.750. The molecule has 0 unspecified atom stereocenters. The van der Waals surface area contributed by atoms with Crippen molar-refractivity contribution in [2.75, 3.05) is 6.61 Å². The van der Waals surface area contributed by atoms with E-state index in [0.717, 1.165) is 0 Å². The highest BCUT2D eigenvalue weighted by Crippen LogP contribution is 2.34. The van der Waals surface area contributed by atoms with Crippen molar-refractivity contribution >= 4 is 6.09 Å². The molecule has 7 nitrogen and oxygen atoms in total. The summed E-state index contributed by atoms with van der Waals surface area (Å²) < 4.78 is 5.39. The van der Waals surface area contributed by atoms with Crippen LogP contribution in [0.3, 0.4) is 0 Å². The first-order valence-electron chi connectivity index (χ1n) is 7.74. The van der Waals surface area contributed by atoms with Crippen LogP contribution < -0.4 is 5.73 Å². The van der Waals surface area contributed by atoms with Crippen molar-refractivity contribution in [2.24, 2.45) is 11.7 Å². The molecule has 1 fully saturated rings. The number of hydrogen-bond acceptors (Lipinski definition) is 6. The summed E-state index contributed by atoms with van der Waals surface area (Å²) in [6.45, 7) is 6.54. The molecular weight excluding hydrogens is 298 g/mol. The minimum atomic E-state index is -1.19. The van der Waals surface area contributed by atoms with Gasteiger partial charge in [-0.1, -0.05) is 12.2 Å². The number of allylic oxidation sites excluding steroid dienone is 1. The van der Waals surface area contributed by atoms with Gasteiger partial charge in [-0.25, -0.2) is 4.79 Å². The lowest BCUT2D eigenvalue weighted by Crippen LogP contribution is -2.57. The number of nitrogens with zero attached hydrogens (tertiary/aromatic N) is 2. The first-order chi connectivity index (χ1) is 10.7. The molecule has 0 aromatic carbocycles. The van der Waals surface area contributed by atoms with E-state index in [-0.39, 0.29) is 5.92 Å². The molecule has 0 aromatic heterocycles. The number of aliphatic hydroxyl groups excluding tert-OH is 2. The lowest BCUT2D eigenvalue weighted by atomic mass is 9.90. The number of ether oxygens (including phenoxy) is 1. The lowest BCUT2D eigenvalue weighted by molar-refractivity contribution is 0.00134. The zero-order chi connectivity index (χ0) is 17.8. The number of carbonyl (C=O) groups is 1. The van der Waals surface area contributed by atoms with Crippen molar-refractivity contribution in [1.29, 1.82) is 5.26 Å². The second-order valence-electron chi connectivity index (χ2n) is 6.78. The fourth-order valence-electron chi connectivity index (χ4n) is 2.86. The molecule has 1 saturated heterocycles. The average Bonchev–Trinajstić information content (AvgIpc) is 2.82. The van der Waals surface area contributed by atoms with Gasteiger partial charge in [0.05, 0.1) is 30.9 Å². The molecule has 1 amide bonds. The monoisotopic (exact) mass is 325 g/mol. The summed E-state index contributed by atoms with van der Waals surface area (Å²) in [5, 5.41) is 28.5. The number of amides is 1. The zero-order valence-electron chi connectivity index (χ0n) is 14.1. The molecule has 5 atom stereocenters. The van der Waals surface area contributed by atoms with Gasteiger partial charge in [0.2, 0.25) is 0 Å². The van der Waals surface area contributed by atoms with Gasteiger partial charge < -0.3 is 20.7 Å². The summed E-state index contributed by atoms with van der Waals surface area (Å²) >= 11 is 0. The van der Waals surface area contributed by atoms with E-state index in [1.165, 1.54) is 4.90 Å². The van der Waals surface area contributed by atoms with E-state index in [1.54, 1.807) is 20.8 Å². The van der Waals surface area contributed by atoms with Crippen molar-refractivity contribution in [1.82, 2.24) is 4.90 Å². The minimum absolute atomic E-state index is 0.187. The van der Waals surface area contributed by atoms with Crippen molar-refractivity contribution in [3.63, 3.8) is 0 Å². The molecule has 1 rings (SSSR count). The Morgan fingerprint density at radius 2 is 2.17 bits per heavy atom. The maximum atomic E-state index is 12.5. The summed E-state index contributed by atoms with van der Waals surface area (Å²) in [5.41, 5.74) is 5.35. The van der Waals surface area contributed by atoms with E-state index in [0.29, 0.717) is 6.42 Å². The van der Waals surface area contributed by atoms with E-state index < -0.39 is 42.5 Å². The van der Waals surface area contributed by atoms with Gasteiger partial charge in [0, 0.05) is 5.92 Å². The number of nitrogens with two attached hydrogens (primary N) is 1. The molecule has 0 saturated carbocycles. The summed E-state index contributed by atoms with van der Waals surface area (Å²) in [6.07, 6.45) is 2.28. The maximum absolute atomic E-state index is 12.5. The molecule has 0 aliphatic carbocycles. The topological polar surface area (TPSA) is 120 Å². The number of carbonyl (C=O) groups excluding carboxylic acids is 1. The van der Waals surface area contributed by atoms with Crippen molar-refractivity contribution in [3.8, 4) is 6.07 Å². The van der Waals surface area contributed by atoms with E-state index in [4.69, 9.17) is 15.6 Å². The van der Waals surface area contributed by atoms with Gasteiger partial charge in [0.15, 0.2) is 0 Å². The van der Waals surface area contributed by atoms with E-state index >= 15 is 0 Å². The van der Waals surface area contributed by atoms with Crippen LogP contribution >= 0.6 is 0 Å². The van der Waals surface area contributed by atoms with Crippen molar-refractivity contribution in [2.45, 2.75) is 63.9 Å². The van der Waals surface area contributed by atoms with Gasteiger partial charge in [-0.15, -0.1) is 0 Å². The number of hydrogen-bond donors (Lipinski definition) is 3. The van der Waals surface area contributed by atoms with Gasteiger partial charge >= 0.3 is 6.09 Å². The molecule has 0 aromatic rings. The van der Waals surface area contributed by atoms with E-state index in [9.17, 15) is 15.2 Å². The second-order valence-corrected chi connectivity index (χ2v) is 6.78. The number of nitriles is 1. The van der Waals surface area contributed by atoms with Crippen LogP contribution in [0.25, 0.3) is 0 Å². The van der Waals surface area contributed by atoms with Gasteiger partial charge in [-0.05, 0) is 34.1 Å². The Bertz CT molecular complexity index is 481. The van der Waals surface area contributed by atoms with Crippen LogP contribution in [0.2, 0.25) is 0 Å². The zero-order valence-corrected chi connectivity index (χ0v) is 14.1. The molecule has 1 aliphatic rings. The minimum Gasteiger partial charge on any atom is -0.444 e. The molecule has 0 radical (unpaired) electrons. The third kappa shape index (κ3) is 4.67. The van der Waals surface area contributed by atoms with E-state index in [2.05, 4.69) is 6.07 Å². The Kier molecular flexibility index (Phi) is 6.57.